The van der Waals surface area contributed by atoms with Gasteiger partial charge in [0.2, 0.25) is 0 Å². The zero-order chi connectivity index (χ0) is 15.0. The van der Waals surface area contributed by atoms with Crippen LogP contribution in [0.25, 0.3) is 0 Å². The van der Waals surface area contributed by atoms with Gasteiger partial charge in [-0.05, 0) is 26.8 Å². The van der Waals surface area contributed by atoms with Gasteiger partial charge in [-0.2, -0.15) is 0 Å². The minimum atomic E-state index is -0.526. The number of para-hydroxylation sites is 1. The van der Waals surface area contributed by atoms with Crippen molar-refractivity contribution in [3.8, 4) is 0 Å². The quantitative estimate of drug-likeness (QED) is 0.843. The predicted molar refractivity (Wildman–Crippen MR) is 77.3 cm³/mol. The largest absolute Gasteiger partial charge is 0.444 e. The number of nitrogens with two attached hydrogens (primary N) is 1. The normalized spacial score (nSPS) is 17.5. The van der Waals surface area contributed by atoms with Crippen molar-refractivity contribution < 1.29 is 14.3 Å². The second-order valence-electron chi connectivity index (χ2n) is 6.12. The zero-order valence-electron chi connectivity index (χ0n) is 12.5. The molecule has 20 heavy (non-hydrogen) atoms. The molecule has 0 aliphatic carbocycles. The standard InChI is InChI=1S/C15H22N2O3/c1-14(2,3)20-13(18)17-9-15(10-17,19-4)11-7-5-6-8-12(11)16/h5-8H,9-10,16H2,1-4H3. The maximum atomic E-state index is 12.0. The van der Waals surface area contributed by atoms with E-state index in [4.69, 9.17) is 15.2 Å². The Morgan fingerprint density at radius 3 is 2.40 bits per heavy atom. The molecule has 0 radical (unpaired) electrons. The number of carbonyl (C=O) groups excluding carboxylic acids is 1. The van der Waals surface area contributed by atoms with Gasteiger partial charge in [0.1, 0.15) is 11.2 Å². The van der Waals surface area contributed by atoms with E-state index in [0.717, 1.165) is 5.56 Å². The summed E-state index contributed by atoms with van der Waals surface area (Å²) in [4.78, 5) is 13.6. The van der Waals surface area contributed by atoms with E-state index in [1.54, 1.807) is 12.0 Å². The highest BCUT2D eigenvalue weighted by atomic mass is 16.6. The third-order valence-corrected chi connectivity index (χ3v) is 3.39. The lowest BCUT2D eigenvalue weighted by molar-refractivity contribution is -0.126. The molecule has 0 saturated carbocycles. The summed E-state index contributed by atoms with van der Waals surface area (Å²) in [7, 11) is 1.64. The number of anilines is 1. The van der Waals surface area contributed by atoms with Gasteiger partial charge >= 0.3 is 6.09 Å². The highest BCUT2D eigenvalue weighted by Gasteiger charge is 2.49. The summed E-state index contributed by atoms with van der Waals surface area (Å²) >= 11 is 0. The molecule has 0 unspecified atom stereocenters. The Morgan fingerprint density at radius 1 is 1.30 bits per heavy atom. The smallest absolute Gasteiger partial charge is 0.410 e. The van der Waals surface area contributed by atoms with Gasteiger partial charge in [-0.25, -0.2) is 4.79 Å². The van der Waals surface area contributed by atoms with Gasteiger partial charge in [-0.3, -0.25) is 0 Å². The number of hydrogen-bond donors (Lipinski definition) is 1. The number of rotatable bonds is 2. The molecule has 2 rings (SSSR count). The third-order valence-electron chi connectivity index (χ3n) is 3.39. The highest BCUT2D eigenvalue weighted by molar-refractivity contribution is 5.70. The summed E-state index contributed by atoms with van der Waals surface area (Å²) in [6, 6.07) is 7.58. The van der Waals surface area contributed by atoms with Crippen molar-refractivity contribution in [3.63, 3.8) is 0 Å². The lowest BCUT2D eigenvalue weighted by atomic mass is 9.85. The molecule has 1 amide bonds. The fraction of sp³-hybridized carbons (Fsp3) is 0.533. The first-order valence-electron chi connectivity index (χ1n) is 6.65. The second kappa shape index (κ2) is 4.98. The number of hydrogen-bond acceptors (Lipinski definition) is 4. The first-order chi connectivity index (χ1) is 9.27. The molecule has 5 heteroatoms. The first kappa shape index (κ1) is 14.7. The van der Waals surface area contributed by atoms with E-state index in [2.05, 4.69) is 0 Å². The van der Waals surface area contributed by atoms with Crippen molar-refractivity contribution in [2.75, 3.05) is 25.9 Å². The van der Waals surface area contributed by atoms with Gasteiger partial charge in [-0.1, -0.05) is 18.2 Å². The Bertz CT molecular complexity index is 502. The summed E-state index contributed by atoms with van der Waals surface area (Å²) in [6.45, 7) is 6.45. The minimum absolute atomic E-state index is 0.320. The fourth-order valence-electron chi connectivity index (χ4n) is 2.35. The molecule has 0 spiro atoms. The average Bonchev–Trinajstić information content (AvgIpc) is 2.28. The van der Waals surface area contributed by atoms with Crippen LogP contribution in [0.2, 0.25) is 0 Å². The van der Waals surface area contributed by atoms with Gasteiger partial charge in [0.05, 0.1) is 13.1 Å². The summed E-state index contributed by atoms with van der Waals surface area (Å²) in [5.41, 5.74) is 6.58. The number of carbonyl (C=O) groups is 1. The van der Waals surface area contributed by atoms with Gasteiger partial charge in [0.25, 0.3) is 0 Å². The molecule has 0 bridgehead atoms. The number of methoxy groups -OCH3 is 1. The zero-order valence-corrected chi connectivity index (χ0v) is 12.5. The summed E-state index contributed by atoms with van der Waals surface area (Å²) in [5.74, 6) is 0. The first-order valence-corrected chi connectivity index (χ1v) is 6.65. The molecule has 2 N–H and O–H groups in total. The molecular formula is C15H22N2O3. The van der Waals surface area contributed by atoms with Crippen molar-refractivity contribution in [3.05, 3.63) is 29.8 Å². The van der Waals surface area contributed by atoms with Gasteiger partial charge in [0.15, 0.2) is 0 Å². The van der Waals surface area contributed by atoms with Crippen molar-refractivity contribution in [1.29, 1.82) is 0 Å². The number of amides is 1. The molecule has 0 aromatic heterocycles. The Kier molecular flexibility index (Phi) is 3.65. The van der Waals surface area contributed by atoms with Crippen LogP contribution in [0.5, 0.6) is 0 Å². The molecular weight excluding hydrogens is 256 g/mol. The van der Waals surface area contributed by atoms with Crippen molar-refractivity contribution in [1.82, 2.24) is 4.90 Å². The van der Waals surface area contributed by atoms with Crippen LogP contribution in [0, 0.1) is 0 Å². The maximum absolute atomic E-state index is 12.0. The molecule has 1 aromatic carbocycles. The Labute approximate surface area is 119 Å². The third kappa shape index (κ3) is 2.72. The van der Waals surface area contributed by atoms with Crippen LogP contribution >= 0.6 is 0 Å². The summed E-state index contributed by atoms with van der Waals surface area (Å²) < 4.78 is 11.0. The SMILES string of the molecule is COC1(c2ccccc2N)CN(C(=O)OC(C)(C)C)C1. The number of nitrogen functional groups attached to an aromatic ring is 1. The predicted octanol–water partition coefficient (Wildman–Crippen LogP) is 2.36. The molecule has 1 fully saturated rings. The minimum Gasteiger partial charge on any atom is -0.444 e. The van der Waals surface area contributed by atoms with Crippen LogP contribution in [-0.2, 0) is 15.1 Å². The van der Waals surface area contributed by atoms with E-state index in [1.165, 1.54) is 0 Å². The van der Waals surface area contributed by atoms with Gasteiger partial charge < -0.3 is 20.1 Å². The lowest BCUT2D eigenvalue weighted by Crippen LogP contribution is -2.63. The molecule has 1 saturated heterocycles. The monoisotopic (exact) mass is 278 g/mol. The molecule has 110 valence electrons. The topological polar surface area (TPSA) is 64.8 Å². The van der Waals surface area contributed by atoms with E-state index in [-0.39, 0.29) is 6.09 Å². The Hall–Kier alpha value is -1.75. The average molecular weight is 278 g/mol. The Morgan fingerprint density at radius 2 is 1.90 bits per heavy atom. The second-order valence-corrected chi connectivity index (χ2v) is 6.12. The van der Waals surface area contributed by atoms with E-state index in [9.17, 15) is 4.79 Å². The molecule has 1 aliphatic heterocycles. The van der Waals surface area contributed by atoms with Crippen LogP contribution in [0.3, 0.4) is 0 Å². The lowest BCUT2D eigenvalue weighted by Gasteiger charge is -2.49. The molecule has 1 heterocycles. The number of benzene rings is 1. The summed E-state index contributed by atoms with van der Waals surface area (Å²) in [6.07, 6.45) is -0.320. The van der Waals surface area contributed by atoms with Crippen molar-refractivity contribution in [2.24, 2.45) is 0 Å². The highest BCUT2D eigenvalue weighted by Crippen LogP contribution is 2.38. The fourth-order valence-corrected chi connectivity index (χ4v) is 2.35. The van der Waals surface area contributed by atoms with Crippen molar-refractivity contribution >= 4 is 11.8 Å². The van der Waals surface area contributed by atoms with E-state index in [0.29, 0.717) is 18.8 Å². The molecule has 5 nitrogen and oxygen atoms in total. The van der Waals surface area contributed by atoms with Crippen LogP contribution in [0.1, 0.15) is 26.3 Å². The van der Waals surface area contributed by atoms with E-state index >= 15 is 0 Å². The Balaban J connectivity index is 2.09. The number of ether oxygens (including phenoxy) is 2. The van der Waals surface area contributed by atoms with Crippen LogP contribution in [0.4, 0.5) is 10.5 Å². The number of likely N-dealkylation sites (tertiary alicyclic amines) is 1. The van der Waals surface area contributed by atoms with Crippen LogP contribution in [-0.4, -0.2) is 36.8 Å². The van der Waals surface area contributed by atoms with Gasteiger partial charge in [0, 0.05) is 18.4 Å². The van der Waals surface area contributed by atoms with E-state index in [1.807, 2.05) is 45.0 Å². The summed E-state index contributed by atoms with van der Waals surface area (Å²) in [5, 5.41) is 0. The molecule has 1 aromatic rings. The van der Waals surface area contributed by atoms with E-state index < -0.39 is 11.2 Å². The molecule has 1 aliphatic rings. The number of nitrogens with zero attached hydrogens (tertiary/aromatic N) is 1. The van der Waals surface area contributed by atoms with Crippen LogP contribution < -0.4 is 5.73 Å². The van der Waals surface area contributed by atoms with Crippen molar-refractivity contribution in [2.45, 2.75) is 32.0 Å². The van der Waals surface area contributed by atoms with Gasteiger partial charge in [-0.15, -0.1) is 0 Å². The molecule has 0 atom stereocenters. The maximum Gasteiger partial charge on any atom is 0.410 e. The van der Waals surface area contributed by atoms with Crippen LogP contribution in [0.15, 0.2) is 24.3 Å².